The monoisotopic (exact) mass is 459 g/mol. The third-order valence-electron chi connectivity index (χ3n) is 6.95. The van der Waals surface area contributed by atoms with Crippen molar-refractivity contribution in [2.45, 2.75) is 38.7 Å². The van der Waals surface area contributed by atoms with Crippen LogP contribution >= 0.6 is 0 Å². The molecule has 2 aliphatic rings. The minimum atomic E-state index is -3.03. The van der Waals surface area contributed by atoms with Crippen molar-refractivity contribution in [3.05, 3.63) is 71.7 Å². The summed E-state index contributed by atoms with van der Waals surface area (Å²) in [4.78, 5) is 22.5. The number of halogens is 2. The number of hydrogen-bond acceptors (Lipinski definition) is 4. The number of amides is 1. The van der Waals surface area contributed by atoms with Crippen LogP contribution in [0, 0.1) is 18.8 Å². The van der Waals surface area contributed by atoms with Crippen molar-refractivity contribution in [2.75, 3.05) is 4.90 Å². The van der Waals surface area contributed by atoms with Gasteiger partial charge in [0, 0.05) is 18.2 Å². The fourth-order valence-corrected chi connectivity index (χ4v) is 5.00. The molecule has 3 heterocycles. The first kappa shape index (κ1) is 20.9. The number of H-pyrrole nitrogens is 1. The molecule has 2 aromatic heterocycles. The average molecular weight is 460 g/mol. The van der Waals surface area contributed by atoms with E-state index in [1.165, 1.54) is 6.07 Å². The largest absolute Gasteiger partial charge is 0.345 e. The van der Waals surface area contributed by atoms with Crippen molar-refractivity contribution in [1.29, 1.82) is 0 Å². The Kier molecular flexibility index (Phi) is 4.56. The van der Waals surface area contributed by atoms with Crippen LogP contribution in [0.4, 0.5) is 14.5 Å². The Balaban J connectivity index is 1.35. The third kappa shape index (κ3) is 3.36. The predicted molar refractivity (Wildman–Crippen MR) is 124 cm³/mol. The van der Waals surface area contributed by atoms with Gasteiger partial charge in [-0.25, -0.2) is 4.98 Å². The van der Waals surface area contributed by atoms with Gasteiger partial charge in [-0.3, -0.25) is 4.79 Å². The second kappa shape index (κ2) is 7.41. The number of anilines is 1. The number of nitrogens with one attached hydrogen (secondary N) is 1. The Bertz CT molecular complexity index is 1400. The molecule has 8 heteroatoms. The van der Waals surface area contributed by atoms with Crippen LogP contribution < -0.4 is 4.90 Å². The lowest BCUT2D eigenvalue weighted by Gasteiger charge is -2.48. The molecule has 1 saturated heterocycles. The number of carbonyl (C=O) groups is 1. The highest BCUT2D eigenvalue weighted by Crippen LogP contribution is 2.54. The minimum absolute atomic E-state index is 0.0229. The van der Waals surface area contributed by atoms with Crippen LogP contribution in [0.2, 0.25) is 0 Å². The van der Waals surface area contributed by atoms with Crippen molar-refractivity contribution in [3.63, 3.8) is 0 Å². The maximum atomic E-state index is 13.5. The van der Waals surface area contributed by atoms with Crippen LogP contribution in [0.5, 0.6) is 0 Å². The Morgan fingerprint density at radius 2 is 1.88 bits per heavy atom. The molecular formula is C26H23F2N5O. The van der Waals surface area contributed by atoms with E-state index in [9.17, 15) is 13.6 Å². The SMILES string of the molecule is Cc1cc(-c2ccc(C(C)(F)F)nn2)ccc1[C@H]1[C@@H](C2CC2)C(=O)N1c1ccc2[nH]cnc2c1. The summed E-state index contributed by atoms with van der Waals surface area (Å²) in [7, 11) is 0. The maximum Gasteiger partial charge on any atom is 0.288 e. The lowest BCUT2D eigenvalue weighted by atomic mass is 9.77. The molecular weight excluding hydrogens is 436 g/mol. The van der Waals surface area contributed by atoms with Gasteiger partial charge in [-0.2, -0.15) is 13.9 Å². The summed E-state index contributed by atoms with van der Waals surface area (Å²) in [5.74, 6) is -2.46. The molecule has 0 radical (unpaired) electrons. The van der Waals surface area contributed by atoms with Gasteiger partial charge in [-0.05, 0) is 73.2 Å². The molecule has 6 rings (SSSR count). The molecule has 2 aromatic carbocycles. The van der Waals surface area contributed by atoms with Crippen molar-refractivity contribution < 1.29 is 13.6 Å². The number of nitrogens with zero attached hydrogens (tertiary/aromatic N) is 4. The highest BCUT2D eigenvalue weighted by atomic mass is 19.3. The molecule has 1 aliphatic carbocycles. The molecule has 2 atom stereocenters. The zero-order valence-electron chi connectivity index (χ0n) is 18.8. The molecule has 1 saturated carbocycles. The molecule has 34 heavy (non-hydrogen) atoms. The smallest absolute Gasteiger partial charge is 0.288 e. The number of benzene rings is 2. The van der Waals surface area contributed by atoms with Gasteiger partial charge in [0.25, 0.3) is 5.92 Å². The summed E-state index contributed by atoms with van der Waals surface area (Å²) < 4.78 is 27.0. The zero-order chi connectivity index (χ0) is 23.6. The van der Waals surface area contributed by atoms with Crippen molar-refractivity contribution >= 4 is 22.6 Å². The van der Waals surface area contributed by atoms with Crippen LogP contribution in [0.15, 0.2) is 54.9 Å². The Labute approximate surface area is 195 Å². The fraction of sp³-hybridized carbons (Fsp3) is 0.308. The molecule has 4 aromatic rings. The number of fused-ring (bicyclic) bond motifs is 1. The van der Waals surface area contributed by atoms with E-state index in [-0.39, 0.29) is 23.6 Å². The number of carbonyl (C=O) groups excluding carboxylic acids is 1. The van der Waals surface area contributed by atoms with Crippen molar-refractivity contribution in [2.24, 2.45) is 11.8 Å². The zero-order valence-corrected chi connectivity index (χ0v) is 18.8. The van der Waals surface area contributed by atoms with Crippen molar-refractivity contribution in [1.82, 2.24) is 20.2 Å². The maximum absolute atomic E-state index is 13.5. The molecule has 1 aliphatic heterocycles. The highest BCUT2D eigenvalue weighted by molar-refractivity contribution is 6.04. The van der Waals surface area contributed by atoms with E-state index in [0.717, 1.165) is 53.2 Å². The fourth-order valence-electron chi connectivity index (χ4n) is 5.00. The molecule has 172 valence electrons. The van der Waals surface area contributed by atoms with Crippen molar-refractivity contribution in [3.8, 4) is 11.3 Å². The molecule has 1 N–H and O–H groups in total. The van der Waals surface area contributed by atoms with Gasteiger partial charge in [0.05, 0.1) is 35.0 Å². The number of hydrogen-bond donors (Lipinski definition) is 1. The number of aromatic nitrogens is 4. The normalized spacial score (nSPS) is 20.6. The third-order valence-corrected chi connectivity index (χ3v) is 6.95. The van der Waals surface area contributed by atoms with Crippen LogP contribution in [0.1, 0.15) is 42.6 Å². The molecule has 6 nitrogen and oxygen atoms in total. The summed E-state index contributed by atoms with van der Waals surface area (Å²) in [5, 5.41) is 7.72. The van der Waals surface area contributed by atoms with E-state index in [2.05, 4.69) is 20.2 Å². The number of rotatable bonds is 5. The van der Waals surface area contributed by atoms with E-state index in [0.29, 0.717) is 11.6 Å². The number of aryl methyl sites for hydroxylation is 1. The number of β-lactam (4-membered cyclic amide) rings is 1. The standard InChI is InChI=1S/C26H23F2N5O/c1-14-11-16(19-9-10-22(32-31-19)26(2,27)28)5-7-18(14)24-23(15-3-4-15)25(34)33(24)17-6-8-20-21(12-17)30-13-29-20/h5-13,15,23-24H,3-4H2,1-2H3,(H,29,30)/t23-,24+/m1/s1. The van der Waals surface area contributed by atoms with E-state index in [1.54, 1.807) is 12.4 Å². The molecule has 0 spiro atoms. The van der Waals surface area contributed by atoms with Gasteiger partial charge in [-0.1, -0.05) is 12.1 Å². The van der Waals surface area contributed by atoms with E-state index in [4.69, 9.17) is 0 Å². The minimum Gasteiger partial charge on any atom is -0.345 e. The summed E-state index contributed by atoms with van der Waals surface area (Å²) in [6.45, 7) is 2.82. The lowest BCUT2D eigenvalue weighted by Crippen LogP contribution is -2.56. The molecule has 0 unspecified atom stereocenters. The summed E-state index contributed by atoms with van der Waals surface area (Å²) >= 11 is 0. The topological polar surface area (TPSA) is 74.8 Å². The molecule has 0 bridgehead atoms. The number of aromatic amines is 1. The number of imidazole rings is 1. The average Bonchev–Trinajstić information content (AvgIpc) is 3.52. The van der Waals surface area contributed by atoms with Crippen LogP contribution in [-0.4, -0.2) is 26.1 Å². The Morgan fingerprint density at radius 1 is 1.06 bits per heavy atom. The van der Waals surface area contributed by atoms with E-state index in [1.807, 2.05) is 48.2 Å². The van der Waals surface area contributed by atoms with Crippen LogP contribution in [-0.2, 0) is 10.7 Å². The first-order chi connectivity index (χ1) is 16.3. The van der Waals surface area contributed by atoms with Gasteiger partial charge >= 0.3 is 0 Å². The molecule has 1 amide bonds. The van der Waals surface area contributed by atoms with Gasteiger partial charge in [0.2, 0.25) is 5.91 Å². The summed E-state index contributed by atoms with van der Waals surface area (Å²) in [6.07, 6.45) is 3.82. The second-order valence-corrected chi connectivity index (χ2v) is 9.38. The summed E-state index contributed by atoms with van der Waals surface area (Å²) in [5.41, 5.74) is 5.70. The predicted octanol–water partition coefficient (Wildman–Crippen LogP) is 5.55. The van der Waals surface area contributed by atoms with Gasteiger partial charge in [-0.15, -0.1) is 5.10 Å². The van der Waals surface area contributed by atoms with E-state index >= 15 is 0 Å². The van der Waals surface area contributed by atoms with E-state index < -0.39 is 5.92 Å². The number of alkyl halides is 2. The van der Waals surface area contributed by atoms with Crippen LogP contribution in [0.25, 0.3) is 22.3 Å². The first-order valence-corrected chi connectivity index (χ1v) is 11.4. The molecule has 2 fully saturated rings. The second-order valence-electron chi connectivity index (χ2n) is 9.38. The first-order valence-electron chi connectivity index (χ1n) is 11.4. The van der Waals surface area contributed by atoms with Crippen LogP contribution in [0.3, 0.4) is 0 Å². The lowest BCUT2D eigenvalue weighted by molar-refractivity contribution is -0.131. The highest BCUT2D eigenvalue weighted by Gasteiger charge is 2.55. The Morgan fingerprint density at radius 3 is 2.56 bits per heavy atom. The van der Waals surface area contributed by atoms with Gasteiger partial charge < -0.3 is 9.88 Å². The van der Waals surface area contributed by atoms with Gasteiger partial charge in [0.15, 0.2) is 0 Å². The Hall–Kier alpha value is -3.68. The summed E-state index contributed by atoms with van der Waals surface area (Å²) in [6, 6.07) is 14.6. The quantitative estimate of drug-likeness (QED) is 0.397. The van der Waals surface area contributed by atoms with Gasteiger partial charge in [0.1, 0.15) is 5.69 Å².